The number of aliphatic hydroxyl groups excluding tert-OH is 1. The van der Waals surface area contributed by atoms with Gasteiger partial charge in [-0.25, -0.2) is 13.2 Å². The van der Waals surface area contributed by atoms with Crippen molar-refractivity contribution >= 4 is 22.2 Å². The first-order chi connectivity index (χ1) is 16.1. The molecule has 0 spiro atoms. The molecule has 2 aromatic carbocycles. The van der Waals surface area contributed by atoms with Crippen molar-refractivity contribution in [3.05, 3.63) is 72.0 Å². The predicted octanol–water partition coefficient (Wildman–Crippen LogP) is 3.58. The Morgan fingerprint density at radius 2 is 1.82 bits per heavy atom. The molecular weight excluding hydrogens is 456 g/mol. The lowest BCUT2D eigenvalue weighted by molar-refractivity contribution is 0.0980. The first kappa shape index (κ1) is 27.4. The summed E-state index contributed by atoms with van der Waals surface area (Å²) in [4.78, 5) is 11.4. The van der Waals surface area contributed by atoms with E-state index in [-0.39, 0.29) is 30.3 Å². The Hall–Kier alpha value is -2.88. The van der Waals surface area contributed by atoms with Gasteiger partial charge >= 0.3 is 6.09 Å². The molecule has 0 saturated carbocycles. The number of ether oxygens (including phenoxy) is 1. The molecule has 9 heteroatoms. The Labute approximate surface area is 201 Å². The summed E-state index contributed by atoms with van der Waals surface area (Å²) in [5.74, 6) is -0.0111. The Balaban J connectivity index is 2.30. The monoisotopic (exact) mass is 490 g/mol. The van der Waals surface area contributed by atoms with Gasteiger partial charge in [0.25, 0.3) is 0 Å². The fourth-order valence-corrected chi connectivity index (χ4v) is 5.15. The maximum atomic E-state index is 13.5. The summed E-state index contributed by atoms with van der Waals surface area (Å²) >= 11 is 0. The van der Waals surface area contributed by atoms with Gasteiger partial charge in [0.1, 0.15) is 0 Å². The first-order valence-corrected chi connectivity index (χ1v) is 12.7. The molecular formula is C25H34N2O6S. The highest BCUT2D eigenvalue weighted by Crippen LogP contribution is 2.21. The number of nitrogens with one attached hydrogen (secondary N) is 1. The average Bonchev–Trinajstić information content (AvgIpc) is 2.78. The molecule has 0 aromatic heterocycles. The number of sulfonamides is 1. The first-order valence-electron chi connectivity index (χ1n) is 11.2. The molecule has 0 unspecified atom stereocenters. The minimum absolute atomic E-state index is 0.0111. The molecule has 3 N–H and O–H groups in total. The van der Waals surface area contributed by atoms with Crippen LogP contribution >= 0.6 is 0 Å². The van der Waals surface area contributed by atoms with Crippen molar-refractivity contribution in [3.63, 3.8) is 0 Å². The molecule has 2 aromatic rings. The van der Waals surface area contributed by atoms with Crippen LogP contribution in [0.2, 0.25) is 0 Å². The molecule has 0 heterocycles. The quantitative estimate of drug-likeness (QED) is 0.370. The summed E-state index contributed by atoms with van der Waals surface area (Å²) in [5, 5.41) is 22.6. The fourth-order valence-electron chi connectivity index (χ4n) is 3.47. The zero-order chi connectivity index (χ0) is 25.1. The third-order valence-electron chi connectivity index (χ3n) is 5.05. The average molecular weight is 491 g/mol. The van der Waals surface area contributed by atoms with Gasteiger partial charge in [-0.05, 0) is 48.6 Å². The van der Waals surface area contributed by atoms with E-state index >= 15 is 0 Å². The number of rotatable bonds is 13. The molecule has 2 rings (SSSR count). The molecule has 0 aliphatic carbocycles. The molecule has 0 saturated heterocycles. The Bertz CT molecular complexity index is 1040. The lowest BCUT2D eigenvalue weighted by Gasteiger charge is -2.30. The standard InChI is InChI=1S/C25H34N2O6S/c1-4-33-14-13-21-11-8-12-22(15-21)34(31,32)27(17-19(2)3)18-24(28)23(26-25(29)30)16-20-9-6-5-7-10-20/h5-15,19,23-24,26,28H,4,16-18H2,1-3H3,(H,29,30)/b14-13-/t23-,24+/m0/s1. The van der Waals surface area contributed by atoms with E-state index in [1.54, 1.807) is 24.3 Å². The van der Waals surface area contributed by atoms with Crippen LogP contribution in [0.5, 0.6) is 0 Å². The number of aliphatic hydroxyl groups is 1. The largest absolute Gasteiger partial charge is 0.501 e. The van der Waals surface area contributed by atoms with Crippen molar-refractivity contribution in [1.82, 2.24) is 9.62 Å². The lowest BCUT2D eigenvalue weighted by Crippen LogP contribution is -2.50. The Kier molecular flexibility index (Phi) is 10.6. The molecule has 8 nitrogen and oxygen atoms in total. The minimum atomic E-state index is -3.96. The van der Waals surface area contributed by atoms with Gasteiger partial charge in [0.15, 0.2) is 0 Å². The van der Waals surface area contributed by atoms with E-state index < -0.39 is 28.3 Å². The van der Waals surface area contributed by atoms with Crippen molar-refractivity contribution in [3.8, 4) is 0 Å². The van der Waals surface area contributed by atoms with Gasteiger partial charge in [0.05, 0.1) is 29.9 Å². The van der Waals surface area contributed by atoms with Crippen LogP contribution in [0.4, 0.5) is 4.79 Å². The molecule has 0 aliphatic rings. The van der Waals surface area contributed by atoms with Crippen LogP contribution in [0.3, 0.4) is 0 Å². The normalized spacial score (nSPS) is 13.8. The van der Waals surface area contributed by atoms with Crippen molar-refractivity contribution in [2.45, 2.75) is 44.2 Å². The van der Waals surface area contributed by atoms with Crippen molar-refractivity contribution in [2.24, 2.45) is 5.92 Å². The van der Waals surface area contributed by atoms with Crippen LogP contribution in [0.1, 0.15) is 31.9 Å². The predicted molar refractivity (Wildman–Crippen MR) is 132 cm³/mol. The molecule has 0 bridgehead atoms. The van der Waals surface area contributed by atoms with Crippen molar-refractivity contribution in [2.75, 3.05) is 19.7 Å². The van der Waals surface area contributed by atoms with Crippen LogP contribution in [0, 0.1) is 5.92 Å². The number of nitrogens with zero attached hydrogens (tertiary/aromatic N) is 1. The molecule has 186 valence electrons. The summed E-state index contributed by atoms with van der Waals surface area (Å²) in [6, 6.07) is 14.7. The van der Waals surface area contributed by atoms with E-state index in [1.165, 1.54) is 16.6 Å². The number of carbonyl (C=O) groups is 1. The number of hydrogen-bond acceptors (Lipinski definition) is 5. The van der Waals surface area contributed by atoms with Crippen molar-refractivity contribution < 1.29 is 28.2 Å². The summed E-state index contributed by atoms with van der Waals surface area (Å²) in [7, 11) is -3.96. The highest BCUT2D eigenvalue weighted by molar-refractivity contribution is 7.89. The third-order valence-corrected chi connectivity index (χ3v) is 6.88. The van der Waals surface area contributed by atoms with E-state index in [4.69, 9.17) is 4.74 Å². The molecule has 34 heavy (non-hydrogen) atoms. The van der Waals surface area contributed by atoms with Gasteiger partial charge in [-0.2, -0.15) is 4.31 Å². The molecule has 0 aliphatic heterocycles. The second-order valence-corrected chi connectivity index (χ2v) is 10.3. The fraction of sp³-hybridized carbons (Fsp3) is 0.400. The summed E-state index contributed by atoms with van der Waals surface area (Å²) in [6.45, 7) is 6.04. The van der Waals surface area contributed by atoms with Gasteiger partial charge < -0.3 is 20.3 Å². The van der Waals surface area contributed by atoms with Crippen LogP contribution in [0.15, 0.2) is 65.8 Å². The number of hydrogen-bond donors (Lipinski definition) is 3. The number of benzene rings is 2. The lowest BCUT2D eigenvalue weighted by atomic mass is 10.0. The van der Waals surface area contributed by atoms with Gasteiger partial charge in [0, 0.05) is 13.1 Å². The van der Waals surface area contributed by atoms with Gasteiger partial charge in [-0.3, -0.25) is 0 Å². The van der Waals surface area contributed by atoms with Gasteiger partial charge in [-0.1, -0.05) is 56.3 Å². The van der Waals surface area contributed by atoms with E-state index in [9.17, 15) is 23.4 Å². The van der Waals surface area contributed by atoms with Crippen LogP contribution in [0.25, 0.3) is 6.08 Å². The molecule has 0 fully saturated rings. The van der Waals surface area contributed by atoms with Crippen molar-refractivity contribution in [1.29, 1.82) is 0 Å². The highest BCUT2D eigenvalue weighted by Gasteiger charge is 2.31. The maximum Gasteiger partial charge on any atom is 0.404 e. The van der Waals surface area contributed by atoms with Gasteiger partial charge in [-0.15, -0.1) is 0 Å². The molecule has 2 atom stereocenters. The van der Waals surface area contributed by atoms with Crippen LogP contribution in [-0.4, -0.2) is 60.9 Å². The smallest absolute Gasteiger partial charge is 0.404 e. The Morgan fingerprint density at radius 3 is 2.44 bits per heavy atom. The topological polar surface area (TPSA) is 116 Å². The maximum absolute atomic E-state index is 13.5. The SMILES string of the molecule is CCO/C=C\c1cccc(S(=O)(=O)N(CC(C)C)C[C@@H](O)[C@H](Cc2ccccc2)NC(=O)O)c1. The Morgan fingerprint density at radius 1 is 1.12 bits per heavy atom. The zero-order valence-corrected chi connectivity index (χ0v) is 20.6. The summed E-state index contributed by atoms with van der Waals surface area (Å²) < 4.78 is 33.4. The zero-order valence-electron chi connectivity index (χ0n) is 19.8. The molecule has 0 radical (unpaired) electrons. The van der Waals surface area contributed by atoms with E-state index in [0.717, 1.165) is 5.56 Å². The highest BCUT2D eigenvalue weighted by atomic mass is 32.2. The van der Waals surface area contributed by atoms with Gasteiger partial charge in [0.2, 0.25) is 10.0 Å². The van der Waals surface area contributed by atoms with E-state index in [1.807, 2.05) is 51.1 Å². The summed E-state index contributed by atoms with van der Waals surface area (Å²) in [6.07, 6.45) is 0.865. The second kappa shape index (κ2) is 13.1. The van der Waals surface area contributed by atoms with Crippen LogP contribution < -0.4 is 5.32 Å². The number of carboxylic acid groups (broad SMARTS) is 1. The van der Waals surface area contributed by atoms with E-state index in [0.29, 0.717) is 12.2 Å². The third kappa shape index (κ3) is 8.48. The summed E-state index contributed by atoms with van der Waals surface area (Å²) in [5.41, 5.74) is 1.49. The van der Waals surface area contributed by atoms with E-state index in [2.05, 4.69) is 5.32 Å². The molecule has 1 amide bonds. The van der Waals surface area contributed by atoms with Crippen LogP contribution in [-0.2, 0) is 21.2 Å². The minimum Gasteiger partial charge on any atom is -0.501 e. The second-order valence-electron chi connectivity index (χ2n) is 8.36. The number of amides is 1.